The van der Waals surface area contributed by atoms with E-state index in [-0.39, 0.29) is 10.9 Å². The largest absolute Gasteiger partial charge is 0.243 e. The molecule has 3 nitrogen and oxygen atoms in total. The molecule has 0 N–H and O–H groups in total. The second-order valence-electron chi connectivity index (χ2n) is 5.18. The van der Waals surface area contributed by atoms with Crippen LogP contribution in [0.15, 0.2) is 23.1 Å². The monoisotopic (exact) mass is 363 g/mol. The van der Waals surface area contributed by atoms with Crippen molar-refractivity contribution >= 4 is 26.0 Å². The van der Waals surface area contributed by atoms with Crippen molar-refractivity contribution in [1.29, 1.82) is 0 Å². The Morgan fingerprint density at radius 2 is 2.10 bits per heavy atom. The van der Waals surface area contributed by atoms with E-state index in [1.807, 2.05) is 0 Å². The second-order valence-corrected chi connectivity index (χ2v) is 7.69. The van der Waals surface area contributed by atoms with Gasteiger partial charge in [0.25, 0.3) is 0 Å². The van der Waals surface area contributed by atoms with Crippen LogP contribution in [0.2, 0.25) is 0 Å². The Kier molecular flexibility index (Phi) is 5.20. The van der Waals surface area contributed by atoms with Gasteiger partial charge in [-0.05, 0) is 43.5 Å². The van der Waals surface area contributed by atoms with Gasteiger partial charge >= 0.3 is 0 Å². The predicted molar refractivity (Wildman–Crippen MR) is 81.1 cm³/mol. The molecule has 1 atom stereocenters. The minimum Gasteiger partial charge on any atom is -0.207 e. The summed E-state index contributed by atoms with van der Waals surface area (Å²) >= 11 is 3.42. The lowest BCUT2D eigenvalue weighted by atomic mass is 10.1. The number of rotatable bonds is 3. The van der Waals surface area contributed by atoms with Gasteiger partial charge in [0.1, 0.15) is 5.82 Å². The van der Waals surface area contributed by atoms with Gasteiger partial charge in [-0.3, -0.25) is 0 Å². The second kappa shape index (κ2) is 6.54. The molecule has 1 heterocycles. The highest BCUT2D eigenvalue weighted by molar-refractivity contribution is 9.09. The number of nitrogens with zero attached hydrogens (tertiary/aromatic N) is 1. The third kappa shape index (κ3) is 3.23. The molecule has 1 saturated heterocycles. The molecule has 1 aromatic rings. The van der Waals surface area contributed by atoms with Crippen molar-refractivity contribution in [3.05, 3.63) is 29.6 Å². The molecule has 0 bridgehead atoms. The van der Waals surface area contributed by atoms with Crippen molar-refractivity contribution in [3.63, 3.8) is 0 Å². The number of hydrogen-bond acceptors (Lipinski definition) is 2. The molecule has 0 spiro atoms. The quantitative estimate of drug-likeness (QED) is 0.771. The van der Waals surface area contributed by atoms with E-state index in [2.05, 4.69) is 15.9 Å². The Bertz CT molecular complexity index is 577. The van der Waals surface area contributed by atoms with Crippen LogP contribution in [0.5, 0.6) is 0 Å². The van der Waals surface area contributed by atoms with Crippen LogP contribution in [0, 0.1) is 12.7 Å². The molecule has 1 aliphatic heterocycles. The molecule has 0 amide bonds. The zero-order chi connectivity index (χ0) is 14.8. The molecular weight excluding hydrogens is 345 g/mol. The molecule has 0 aromatic heterocycles. The van der Waals surface area contributed by atoms with E-state index in [1.165, 1.54) is 18.2 Å². The van der Waals surface area contributed by atoms with Crippen LogP contribution in [-0.4, -0.2) is 30.6 Å². The number of aryl methyl sites for hydroxylation is 1. The zero-order valence-corrected chi connectivity index (χ0v) is 13.9. The lowest BCUT2D eigenvalue weighted by Crippen LogP contribution is -2.41. The summed E-state index contributed by atoms with van der Waals surface area (Å²) in [4.78, 5) is 0.215. The molecule has 1 fully saturated rings. The van der Waals surface area contributed by atoms with Gasteiger partial charge < -0.3 is 0 Å². The Hall–Kier alpha value is -0.460. The summed E-state index contributed by atoms with van der Waals surface area (Å²) in [6.07, 6.45) is 3.84. The highest BCUT2D eigenvalue weighted by atomic mass is 79.9. The molecule has 20 heavy (non-hydrogen) atoms. The summed E-state index contributed by atoms with van der Waals surface area (Å²) in [5, 5.41) is 0.631. The average molecular weight is 364 g/mol. The van der Waals surface area contributed by atoms with E-state index in [1.54, 1.807) is 11.2 Å². The van der Waals surface area contributed by atoms with Crippen molar-refractivity contribution in [2.45, 2.75) is 43.5 Å². The summed E-state index contributed by atoms with van der Waals surface area (Å²) in [5.74, 6) is -0.408. The first-order chi connectivity index (χ1) is 9.46. The molecule has 1 unspecified atom stereocenters. The van der Waals surface area contributed by atoms with Crippen molar-refractivity contribution in [2.75, 3.05) is 11.9 Å². The van der Waals surface area contributed by atoms with Crippen molar-refractivity contribution in [1.82, 2.24) is 4.31 Å². The first kappa shape index (κ1) is 15.9. The SMILES string of the molecule is Cc1cc(F)ccc1S(=O)(=O)N1CCCCCC1CBr. The zero-order valence-electron chi connectivity index (χ0n) is 11.5. The van der Waals surface area contributed by atoms with Gasteiger partial charge in [0.2, 0.25) is 10.0 Å². The van der Waals surface area contributed by atoms with Crippen LogP contribution >= 0.6 is 15.9 Å². The molecule has 0 aliphatic carbocycles. The van der Waals surface area contributed by atoms with Crippen LogP contribution < -0.4 is 0 Å². The topological polar surface area (TPSA) is 37.4 Å². The summed E-state index contributed by atoms with van der Waals surface area (Å²) in [7, 11) is -3.56. The Morgan fingerprint density at radius 1 is 1.35 bits per heavy atom. The fourth-order valence-corrected chi connectivity index (χ4v) is 5.42. The number of sulfonamides is 1. The molecule has 112 valence electrons. The van der Waals surface area contributed by atoms with E-state index < -0.39 is 15.8 Å². The van der Waals surface area contributed by atoms with Crippen LogP contribution in [0.1, 0.15) is 31.2 Å². The van der Waals surface area contributed by atoms with Crippen LogP contribution in [0.25, 0.3) is 0 Å². The summed E-state index contributed by atoms with van der Waals surface area (Å²) in [5.41, 5.74) is 0.461. The van der Waals surface area contributed by atoms with Crippen molar-refractivity contribution in [3.8, 4) is 0 Å². The average Bonchev–Trinajstić information content (AvgIpc) is 2.63. The van der Waals surface area contributed by atoms with Gasteiger partial charge in [0, 0.05) is 17.9 Å². The summed E-state index contributed by atoms with van der Waals surface area (Å²) < 4.78 is 40.4. The molecule has 1 aliphatic rings. The molecular formula is C14H19BrFNO2S. The van der Waals surface area contributed by atoms with Gasteiger partial charge in [-0.2, -0.15) is 4.31 Å². The highest BCUT2D eigenvalue weighted by Crippen LogP contribution is 2.27. The Labute approximate surface area is 128 Å². The maximum atomic E-state index is 13.2. The maximum Gasteiger partial charge on any atom is 0.243 e. The van der Waals surface area contributed by atoms with Gasteiger partial charge in [0.15, 0.2) is 0 Å². The third-order valence-electron chi connectivity index (χ3n) is 3.72. The fourth-order valence-electron chi connectivity index (χ4n) is 2.65. The molecule has 0 saturated carbocycles. The fraction of sp³-hybridized carbons (Fsp3) is 0.571. The van der Waals surface area contributed by atoms with E-state index in [9.17, 15) is 12.8 Å². The normalized spacial score (nSPS) is 21.6. The highest BCUT2D eigenvalue weighted by Gasteiger charge is 2.32. The van der Waals surface area contributed by atoms with E-state index >= 15 is 0 Å². The van der Waals surface area contributed by atoms with E-state index in [0.717, 1.165) is 25.7 Å². The van der Waals surface area contributed by atoms with Crippen LogP contribution in [0.3, 0.4) is 0 Å². The first-order valence-electron chi connectivity index (χ1n) is 6.81. The number of halogens is 2. The van der Waals surface area contributed by atoms with E-state index in [4.69, 9.17) is 0 Å². The van der Waals surface area contributed by atoms with Crippen molar-refractivity contribution in [2.24, 2.45) is 0 Å². The predicted octanol–water partition coefficient (Wildman–Crippen LogP) is 3.46. The van der Waals surface area contributed by atoms with Crippen LogP contribution in [-0.2, 0) is 10.0 Å². The van der Waals surface area contributed by atoms with Gasteiger partial charge in [-0.15, -0.1) is 0 Å². The Balaban J connectivity index is 2.41. The summed E-state index contributed by atoms with van der Waals surface area (Å²) in [6, 6.07) is 3.83. The third-order valence-corrected chi connectivity index (χ3v) is 6.58. The molecule has 6 heteroatoms. The molecule has 1 aromatic carbocycles. The minimum atomic E-state index is -3.56. The number of benzene rings is 1. The van der Waals surface area contributed by atoms with Crippen molar-refractivity contribution < 1.29 is 12.8 Å². The standard InChI is InChI=1S/C14H19BrFNO2S/c1-11-9-12(16)6-7-14(11)20(18,19)17-8-4-2-3-5-13(17)10-15/h6-7,9,13H,2-5,8,10H2,1H3. The van der Waals surface area contributed by atoms with Gasteiger partial charge in [0.05, 0.1) is 4.90 Å². The lowest BCUT2D eigenvalue weighted by Gasteiger charge is -2.28. The van der Waals surface area contributed by atoms with E-state index in [0.29, 0.717) is 17.4 Å². The molecule has 2 rings (SSSR count). The first-order valence-corrected chi connectivity index (χ1v) is 9.37. The number of hydrogen-bond donors (Lipinski definition) is 0. The van der Waals surface area contributed by atoms with Gasteiger partial charge in [-0.1, -0.05) is 28.8 Å². The van der Waals surface area contributed by atoms with Gasteiger partial charge in [-0.25, -0.2) is 12.8 Å². The number of alkyl halides is 1. The summed E-state index contributed by atoms with van der Waals surface area (Å²) in [6.45, 7) is 2.17. The minimum absolute atomic E-state index is 0.0213. The smallest absolute Gasteiger partial charge is 0.207 e. The van der Waals surface area contributed by atoms with Crippen LogP contribution in [0.4, 0.5) is 4.39 Å². The lowest BCUT2D eigenvalue weighted by molar-refractivity contribution is 0.347. The maximum absolute atomic E-state index is 13.2. The Morgan fingerprint density at radius 3 is 2.75 bits per heavy atom. The molecule has 0 radical (unpaired) electrons.